The van der Waals surface area contributed by atoms with Gasteiger partial charge in [-0.25, -0.2) is 4.39 Å². The van der Waals surface area contributed by atoms with Crippen molar-refractivity contribution in [2.24, 2.45) is 0 Å². The zero-order chi connectivity index (χ0) is 21.3. The van der Waals surface area contributed by atoms with E-state index >= 15 is 0 Å². The monoisotopic (exact) mass is 411 g/mol. The molecular weight excluding hydrogens is 389 g/mol. The number of rotatable bonds is 6. The summed E-state index contributed by atoms with van der Waals surface area (Å²) in [5, 5.41) is 4.05. The number of hydrogen-bond acceptors (Lipinski definition) is 6. The lowest BCUT2D eigenvalue weighted by molar-refractivity contribution is -0.117. The van der Waals surface area contributed by atoms with Crippen molar-refractivity contribution in [3.05, 3.63) is 53.7 Å². The molecule has 0 saturated carbocycles. The van der Waals surface area contributed by atoms with Crippen molar-refractivity contribution >= 4 is 11.6 Å². The van der Waals surface area contributed by atoms with E-state index in [0.29, 0.717) is 35.4 Å². The highest BCUT2D eigenvalue weighted by Gasteiger charge is 2.36. The molecule has 0 radical (unpaired) electrons. The Kier molecular flexibility index (Phi) is 5.39. The zero-order valence-electron chi connectivity index (χ0n) is 17.0. The molecule has 0 spiro atoms. The van der Waals surface area contributed by atoms with Crippen LogP contribution < -0.4 is 14.4 Å². The normalized spacial score (nSPS) is 16.2. The van der Waals surface area contributed by atoms with Crippen molar-refractivity contribution in [1.82, 2.24) is 10.1 Å². The number of amides is 1. The number of aryl methyl sites for hydroxylation is 1. The van der Waals surface area contributed by atoms with Crippen LogP contribution >= 0.6 is 0 Å². The SMILES string of the molecule is CCOc1ccc(-c2noc(C3CC(=O)N(c4cc(C)ccc4F)C3)n2)cc1OC. The van der Waals surface area contributed by atoms with Crippen molar-refractivity contribution in [3.8, 4) is 22.9 Å². The third-order valence-corrected chi connectivity index (χ3v) is 5.03. The maximum Gasteiger partial charge on any atom is 0.232 e. The van der Waals surface area contributed by atoms with Crippen molar-refractivity contribution in [1.29, 1.82) is 0 Å². The van der Waals surface area contributed by atoms with Crippen LogP contribution in [0.25, 0.3) is 11.4 Å². The van der Waals surface area contributed by atoms with Gasteiger partial charge in [0, 0.05) is 18.5 Å². The first-order valence-electron chi connectivity index (χ1n) is 9.71. The fourth-order valence-electron chi connectivity index (χ4n) is 3.54. The second-order valence-electron chi connectivity index (χ2n) is 7.12. The van der Waals surface area contributed by atoms with Gasteiger partial charge in [0.1, 0.15) is 5.82 Å². The molecule has 7 nitrogen and oxygen atoms in total. The van der Waals surface area contributed by atoms with Crippen molar-refractivity contribution in [2.45, 2.75) is 26.2 Å². The summed E-state index contributed by atoms with van der Waals surface area (Å²) in [6.45, 7) is 4.56. The molecule has 30 heavy (non-hydrogen) atoms. The molecule has 0 bridgehead atoms. The molecule has 1 fully saturated rings. The number of methoxy groups -OCH3 is 1. The molecule has 0 aliphatic carbocycles. The predicted octanol–water partition coefficient (Wildman–Crippen LogP) is 4.11. The van der Waals surface area contributed by atoms with E-state index in [9.17, 15) is 9.18 Å². The Morgan fingerprint density at radius 3 is 2.83 bits per heavy atom. The Bertz CT molecular complexity index is 1080. The number of hydrogen-bond donors (Lipinski definition) is 0. The maximum atomic E-state index is 14.2. The van der Waals surface area contributed by atoms with Crippen molar-refractivity contribution < 1.29 is 23.2 Å². The molecule has 1 aliphatic rings. The lowest BCUT2D eigenvalue weighted by Gasteiger charge is -2.17. The number of carbonyl (C=O) groups is 1. The molecule has 1 amide bonds. The van der Waals surface area contributed by atoms with Crippen LogP contribution in [0.3, 0.4) is 0 Å². The second kappa shape index (κ2) is 8.14. The van der Waals surface area contributed by atoms with Gasteiger partial charge in [-0.2, -0.15) is 4.98 Å². The third kappa shape index (κ3) is 3.72. The van der Waals surface area contributed by atoms with Gasteiger partial charge < -0.3 is 18.9 Å². The van der Waals surface area contributed by atoms with Crippen molar-refractivity contribution in [3.63, 3.8) is 0 Å². The highest BCUT2D eigenvalue weighted by molar-refractivity contribution is 5.96. The molecule has 1 atom stereocenters. The smallest absolute Gasteiger partial charge is 0.232 e. The first-order valence-corrected chi connectivity index (χ1v) is 9.71. The van der Waals surface area contributed by atoms with E-state index in [0.717, 1.165) is 5.56 Å². The van der Waals surface area contributed by atoms with Crippen LogP contribution in [0.15, 0.2) is 40.9 Å². The summed E-state index contributed by atoms with van der Waals surface area (Å²) in [6.07, 6.45) is 0.182. The highest BCUT2D eigenvalue weighted by Crippen LogP contribution is 2.35. The van der Waals surface area contributed by atoms with Gasteiger partial charge in [-0.15, -0.1) is 0 Å². The molecule has 2 aromatic carbocycles. The summed E-state index contributed by atoms with van der Waals surface area (Å²) in [4.78, 5) is 18.4. The average Bonchev–Trinajstić information content (AvgIpc) is 3.37. The predicted molar refractivity (Wildman–Crippen MR) is 108 cm³/mol. The lowest BCUT2D eigenvalue weighted by atomic mass is 10.1. The van der Waals surface area contributed by atoms with E-state index in [2.05, 4.69) is 10.1 Å². The number of halogens is 1. The summed E-state index contributed by atoms with van der Waals surface area (Å²) < 4.78 is 30.6. The van der Waals surface area contributed by atoms with Gasteiger partial charge >= 0.3 is 0 Å². The molecule has 2 heterocycles. The van der Waals surface area contributed by atoms with Crippen LogP contribution in [-0.4, -0.2) is 36.3 Å². The van der Waals surface area contributed by atoms with E-state index in [1.54, 1.807) is 31.4 Å². The molecule has 1 unspecified atom stereocenters. The van der Waals surface area contributed by atoms with E-state index in [-0.39, 0.29) is 30.5 Å². The van der Waals surface area contributed by atoms with Crippen LogP contribution in [-0.2, 0) is 4.79 Å². The molecule has 1 aliphatic heterocycles. The first-order chi connectivity index (χ1) is 14.5. The quantitative estimate of drug-likeness (QED) is 0.607. The standard InChI is InChI=1S/C22H22FN3O4/c1-4-29-18-8-6-14(10-19(18)28-3)21-24-22(30-25-21)15-11-20(27)26(12-15)17-9-13(2)5-7-16(17)23/h5-10,15H,4,11-12H2,1-3H3. The Morgan fingerprint density at radius 2 is 2.07 bits per heavy atom. The van der Waals surface area contributed by atoms with E-state index in [1.807, 2.05) is 19.9 Å². The minimum Gasteiger partial charge on any atom is -0.493 e. The zero-order valence-corrected chi connectivity index (χ0v) is 17.0. The van der Waals surface area contributed by atoms with Crippen LogP contribution in [0.1, 0.15) is 30.7 Å². The number of aromatic nitrogens is 2. The fourth-order valence-corrected chi connectivity index (χ4v) is 3.54. The Hall–Kier alpha value is -3.42. The number of anilines is 1. The van der Waals surface area contributed by atoms with E-state index in [4.69, 9.17) is 14.0 Å². The molecule has 4 rings (SSSR count). The third-order valence-electron chi connectivity index (χ3n) is 5.03. The highest BCUT2D eigenvalue weighted by atomic mass is 19.1. The van der Waals surface area contributed by atoms with Gasteiger partial charge in [-0.05, 0) is 49.7 Å². The number of carbonyl (C=O) groups excluding carboxylic acids is 1. The lowest BCUT2D eigenvalue weighted by Crippen LogP contribution is -2.25. The van der Waals surface area contributed by atoms with Crippen LogP contribution in [0.5, 0.6) is 11.5 Å². The minimum atomic E-state index is -0.428. The largest absolute Gasteiger partial charge is 0.493 e. The summed E-state index contributed by atoms with van der Waals surface area (Å²) >= 11 is 0. The summed E-state index contributed by atoms with van der Waals surface area (Å²) in [7, 11) is 1.56. The van der Waals surface area contributed by atoms with E-state index < -0.39 is 5.82 Å². The maximum absolute atomic E-state index is 14.2. The summed E-state index contributed by atoms with van der Waals surface area (Å²) in [6, 6.07) is 10.1. The molecule has 156 valence electrons. The Morgan fingerprint density at radius 1 is 1.23 bits per heavy atom. The van der Waals surface area contributed by atoms with E-state index in [1.165, 1.54) is 11.0 Å². The van der Waals surface area contributed by atoms with Gasteiger partial charge in [-0.1, -0.05) is 11.2 Å². The number of nitrogens with zero attached hydrogens (tertiary/aromatic N) is 3. The second-order valence-corrected chi connectivity index (χ2v) is 7.12. The molecule has 1 saturated heterocycles. The summed E-state index contributed by atoms with van der Waals surface area (Å²) in [5.74, 6) is 1.03. The van der Waals surface area contributed by atoms with Gasteiger partial charge in [0.15, 0.2) is 11.5 Å². The fraction of sp³-hybridized carbons (Fsp3) is 0.318. The van der Waals surface area contributed by atoms with Crippen LogP contribution in [0.2, 0.25) is 0 Å². The molecule has 0 N–H and O–H groups in total. The first kappa shape index (κ1) is 19.9. The molecule has 8 heteroatoms. The molecule has 1 aromatic heterocycles. The molecular formula is C22H22FN3O4. The van der Waals surface area contributed by atoms with Crippen LogP contribution in [0, 0.1) is 12.7 Å². The van der Waals surface area contributed by atoms with Crippen LogP contribution in [0.4, 0.5) is 10.1 Å². The van der Waals surface area contributed by atoms with Gasteiger partial charge in [0.25, 0.3) is 0 Å². The Balaban J connectivity index is 1.56. The number of benzene rings is 2. The average molecular weight is 411 g/mol. The minimum absolute atomic E-state index is 0.174. The van der Waals surface area contributed by atoms with Crippen molar-refractivity contribution in [2.75, 3.05) is 25.2 Å². The van der Waals surface area contributed by atoms with Gasteiger partial charge in [0.2, 0.25) is 17.6 Å². The molecule has 3 aromatic rings. The topological polar surface area (TPSA) is 77.7 Å². The number of ether oxygens (including phenoxy) is 2. The summed E-state index contributed by atoms with van der Waals surface area (Å²) in [5.41, 5.74) is 1.86. The Labute approximate surface area is 173 Å². The van der Waals surface area contributed by atoms with Gasteiger partial charge in [-0.3, -0.25) is 4.79 Å². The van der Waals surface area contributed by atoms with Gasteiger partial charge in [0.05, 0.1) is 25.3 Å².